The molecule has 0 spiro atoms. The van der Waals surface area contributed by atoms with Gasteiger partial charge in [0.05, 0.1) is 23.7 Å². The van der Waals surface area contributed by atoms with Crippen molar-refractivity contribution in [3.63, 3.8) is 0 Å². The molecule has 0 aliphatic rings. The molecule has 2 aromatic rings. The minimum atomic E-state index is -0.939. The van der Waals surface area contributed by atoms with Crippen LogP contribution < -0.4 is 0 Å². The van der Waals surface area contributed by atoms with E-state index in [1.165, 1.54) is 6.20 Å². The Morgan fingerprint density at radius 3 is 2.71 bits per heavy atom. The summed E-state index contributed by atoms with van der Waals surface area (Å²) >= 11 is 5.75. The van der Waals surface area contributed by atoms with Gasteiger partial charge in [-0.3, -0.25) is 4.98 Å². The van der Waals surface area contributed by atoms with Gasteiger partial charge in [-0.2, -0.15) is 0 Å². The Kier molecular flexibility index (Phi) is 3.06. The quantitative estimate of drug-likeness (QED) is 0.888. The number of hydrogen-bond acceptors (Lipinski definition) is 3. The van der Waals surface area contributed by atoms with Crippen LogP contribution in [0.1, 0.15) is 15.9 Å². The first-order chi connectivity index (χ1) is 8.08. The van der Waals surface area contributed by atoms with Crippen LogP contribution in [0.25, 0.3) is 11.3 Å². The van der Waals surface area contributed by atoms with Crippen molar-refractivity contribution in [3.8, 4) is 11.3 Å². The number of aromatic nitrogens is 2. The molecule has 0 unspecified atom stereocenters. The Morgan fingerprint density at radius 2 is 2.12 bits per heavy atom. The number of benzene rings is 1. The molecule has 5 heteroatoms. The molecule has 0 saturated heterocycles. The molecule has 4 nitrogen and oxygen atoms in total. The van der Waals surface area contributed by atoms with Gasteiger partial charge in [0.2, 0.25) is 0 Å². The predicted octanol–water partition coefficient (Wildman–Crippen LogP) is 2.80. The van der Waals surface area contributed by atoms with Crippen LogP contribution in [0, 0.1) is 6.92 Å². The minimum Gasteiger partial charge on any atom is -0.478 e. The Hall–Kier alpha value is -1.94. The lowest BCUT2D eigenvalue weighted by Gasteiger charge is -2.04. The van der Waals surface area contributed by atoms with Crippen molar-refractivity contribution >= 4 is 17.6 Å². The number of carboxylic acids is 1. The van der Waals surface area contributed by atoms with Crippen molar-refractivity contribution in [1.29, 1.82) is 0 Å². The summed E-state index contributed by atoms with van der Waals surface area (Å²) in [6.45, 7) is 1.74. The zero-order valence-corrected chi connectivity index (χ0v) is 9.77. The summed E-state index contributed by atoms with van der Waals surface area (Å²) in [7, 11) is 0. The highest BCUT2D eigenvalue weighted by atomic mass is 35.5. The van der Waals surface area contributed by atoms with Gasteiger partial charge in [0.15, 0.2) is 0 Å². The third-order valence-corrected chi connectivity index (χ3v) is 2.54. The summed E-state index contributed by atoms with van der Waals surface area (Å²) in [6.07, 6.45) is 3.03. The summed E-state index contributed by atoms with van der Waals surface area (Å²) in [4.78, 5) is 18.9. The Balaban J connectivity index is 2.48. The number of hydrogen-bond donors (Lipinski definition) is 1. The Bertz CT molecular complexity index is 584. The number of aromatic carboxylic acids is 1. The number of halogens is 1. The van der Waals surface area contributed by atoms with Crippen molar-refractivity contribution in [2.75, 3.05) is 0 Å². The molecule has 2 rings (SSSR count). The lowest BCUT2D eigenvalue weighted by atomic mass is 10.0. The van der Waals surface area contributed by atoms with Gasteiger partial charge in [-0.1, -0.05) is 17.7 Å². The predicted molar refractivity (Wildman–Crippen MR) is 64.2 cm³/mol. The van der Waals surface area contributed by atoms with Crippen molar-refractivity contribution in [2.24, 2.45) is 0 Å². The first kappa shape index (κ1) is 11.5. The molecule has 17 heavy (non-hydrogen) atoms. The van der Waals surface area contributed by atoms with Crippen molar-refractivity contribution in [3.05, 3.63) is 46.9 Å². The molecule has 0 aliphatic heterocycles. The molecule has 0 fully saturated rings. The smallest absolute Gasteiger partial charge is 0.335 e. The van der Waals surface area contributed by atoms with Gasteiger partial charge in [-0.05, 0) is 24.6 Å². The molecule has 0 radical (unpaired) electrons. The number of nitrogens with zero attached hydrogens (tertiary/aromatic N) is 2. The second kappa shape index (κ2) is 4.51. The van der Waals surface area contributed by atoms with Gasteiger partial charge in [0.25, 0.3) is 0 Å². The number of aryl methyl sites for hydroxylation is 1. The fourth-order valence-electron chi connectivity index (χ4n) is 1.54. The van der Waals surface area contributed by atoms with E-state index < -0.39 is 5.97 Å². The van der Waals surface area contributed by atoms with E-state index in [4.69, 9.17) is 16.7 Å². The fourth-order valence-corrected chi connectivity index (χ4v) is 1.69. The van der Waals surface area contributed by atoms with Crippen LogP contribution in [-0.2, 0) is 0 Å². The molecule has 1 aromatic heterocycles. The van der Waals surface area contributed by atoms with E-state index in [9.17, 15) is 4.79 Å². The number of rotatable bonds is 2. The van der Waals surface area contributed by atoms with Crippen LogP contribution in [0.2, 0.25) is 5.15 Å². The van der Waals surface area contributed by atoms with Gasteiger partial charge < -0.3 is 5.11 Å². The monoisotopic (exact) mass is 248 g/mol. The van der Waals surface area contributed by atoms with E-state index in [-0.39, 0.29) is 5.56 Å². The first-order valence-electron chi connectivity index (χ1n) is 4.90. The van der Waals surface area contributed by atoms with Crippen molar-refractivity contribution in [1.82, 2.24) is 9.97 Å². The van der Waals surface area contributed by atoms with Crippen LogP contribution in [0.3, 0.4) is 0 Å². The second-order valence-electron chi connectivity index (χ2n) is 3.56. The minimum absolute atomic E-state index is 0.281. The summed E-state index contributed by atoms with van der Waals surface area (Å²) in [6, 6.07) is 5.00. The van der Waals surface area contributed by atoms with Gasteiger partial charge >= 0.3 is 5.97 Å². The molecule has 0 aliphatic carbocycles. The van der Waals surface area contributed by atoms with E-state index in [1.807, 2.05) is 0 Å². The van der Waals surface area contributed by atoms with E-state index in [2.05, 4.69) is 9.97 Å². The van der Waals surface area contributed by atoms with Gasteiger partial charge in [-0.25, -0.2) is 9.78 Å². The molecule has 0 bridgehead atoms. The third kappa shape index (κ3) is 2.42. The third-order valence-electron chi connectivity index (χ3n) is 2.36. The van der Waals surface area contributed by atoms with Crippen molar-refractivity contribution < 1.29 is 9.90 Å². The van der Waals surface area contributed by atoms with Crippen LogP contribution >= 0.6 is 11.6 Å². The maximum atomic E-state index is 10.9. The molecule has 1 aromatic carbocycles. The topological polar surface area (TPSA) is 63.1 Å². The molecule has 0 amide bonds. The highest BCUT2D eigenvalue weighted by molar-refractivity contribution is 6.29. The molecule has 1 N–H and O–H groups in total. The summed E-state index contributed by atoms with van der Waals surface area (Å²) < 4.78 is 0. The normalized spacial score (nSPS) is 10.2. The van der Waals surface area contributed by atoms with E-state index >= 15 is 0 Å². The molecule has 86 valence electrons. The van der Waals surface area contributed by atoms with Gasteiger partial charge in [0.1, 0.15) is 5.15 Å². The van der Waals surface area contributed by atoms with E-state index in [0.29, 0.717) is 16.4 Å². The molecule has 0 atom stereocenters. The van der Waals surface area contributed by atoms with E-state index in [1.54, 1.807) is 31.3 Å². The summed E-state index contributed by atoms with van der Waals surface area (Å²) in [5, 5.41) is 9.23. The molecule has 0 saturated carbocycles. The maximum absolute atomic E-state index is 10.9. The number of carbonyl (C=O) groups is 1. The highest BCUT2D eigenvalue weighted by Gasteiger charge is 2.08. The van der Waals surface area contributed by atoms with Crippen LogP contribution in [0.15, 0.2) is 30.6 Å². The number of carboxylic acid groups (broad SMARTS) is 1. The Labute approximate surface area is 103 Å². The average molecular weight is 249 g/mol. The zero-order valence-electron chi connectivity index (χ0n) is 9.01. The maximum Gasteiger partial charge on any atom is 0.335 e. The highest BCUT2D eigenvalue weighted by Crippen LogP contribution is 2.21. The Morgan fingerprint density at radius 1 is 1.35 bits per heavy atom. The van der Waals surface area contributed by atoms with Crippen LogP contribution in [-0.4, -0.2) is 21.0 Å². The van der Waals surface area contributed by atoms with Gasteiger partial charge in [-0.15, -0.1) is 0 Å². The largest absolute Gasteiger partial charge is 0.478 e. The standard InChI is InChI=1S/C12H9ClN2O2/c1-7-4-8(2-3-9(7)12(16)17)10-5-14-6-11(13)15-10/h2-6H,1H3,(H,16,17). The zero-order chi connectivity index (χ0) is 12.4. The van der Waals surface area contributed by atoms with Crippen LogP contribution in [0.4, 0.5) is 0 Å². The van der Waals surface area contributed by atoms with Gasteiger partial charge in [0, 0.05) is 5.56 Å². The lowest BCUT2D eigenvalue weighted by molar-refractivity contribution is 0.0696. The first-order valence-corrected chi connectivity index (χ1v) is 5.27. The summed E-state index contributed by atoms with van der Waals surface area (Å²) in [5.74, 6) is -0.939. The summed E-state index contributed by atoms with van der Waals surface area (Å²) in [5.41, 5.74) is 2.38. The second-order valence-corrected chi connectivity index (χ2v) is 3.95. The van der Waals surface area contributed by atoms with E-state index in [0.717, 1.165) is 5.56 Å². The van der Waals surface area contributed by atoms with Crippen LogP contribution in [0.5, 0.6) is 0 Å². The SMILES string of the molecule is Cc1cc(-c2cncc(Cl)n2)ccc1C(=O)O. The molecule has 1 heterocycles. The fraction of sp³-hybridized carbons (Fsp3) is 0.0833. The molecular weight excluding hydrogens is 240 g/mol. The van der Waals surface area contributed by atoms with Crippen molar-refractivity contribution in [2.45, 2.75) is 6.92 Å². The molecular formula is C12H9ClN2O2. The lowest BCUT2D eigenvalue weighted by Crippen LogP contribution is -1.99. The average Bonchev–Trinajstić information content (AvgIpc) is 2.28.